The minimum Gasteiger partial charge on any atom is -0.463 e. The van der Waals surface area contributed by atoms with Crippen molar-refractivity contribution in [3.63, 3.8) is 0 Å². The van der Waals surface area contributed by atoms with E-state index in [1.54, 1.807) is 16.1 Å². The number of hydrogen-bond donors (Lipinski definition) is 1. The van der Waals surface area contributed by atoms with Crippen molar-refractivity contribution in [2.45, 2.75) is 0 Å². The molecule has 2 rings (SSSR count). The first-order chi connectivity index (χ1) is 7.66. The fourth-order valence-corrected chi connectivity index (χ4v) is 2.21. The third-order valence-electron chi connectivity index (χ3n) is 1.89. The lowest BCUT2D eigenvalue weighted by atomic mass is 10.3. The number of amides is 1. The van der Waals surface area contributed by atoms with Gasteiger partial charge in [0.05, 0.1) is 0 Å². The summed E-state index contributed by atoms with van der Waals surface area (Å²) in [6.45, 7) is 0. The van der Waals surface area contributed by atoms with Crippen LogP contribution in [0.1, 0.15) is 0 Å². The molecular formula is C10H7BrN2O2S. The van der Waals surface area contributed by atoms with E-state index in [-0.39, 0.29) is 0 Å². The second-order valence-corrected chi connectivity index (χ2v) is 4.72. The van der Waals surface area contributed by atoms with Crippen molar-refractivity contribution in [1.82, 2.24) is 4.57 Å². The minimum atomic E-state index is -1.19. The molecule has 0 spiro atoms. The summed E-state index contributed by atoms with van der Waals surface area (Å²) in [5.74, 6) is 0. The Balaban J connectivity index is 2.53. The van der Waals surface area contributed by atoms with Gasteiger partial charge in [0.1, 0.15) is 0 Å². The molecule has 0 radical (unpaired) electrons. The second-order valence-electron chi connectivity index (χ2n) is 2.93. The molecule has 1 amide bonds. The molecule has 82 valence electrons. The highest BCUT2D eigenvalue weighted by Gasteiger charge is 2.00. The topological polar surface area (TPSA) is 54.6 Å². The Bertz CT molecular complexity index is 571. The number of thiazole rings is 1. The van der Waals surface area contributed by atoms with Gasteiger partial charge in [0, 0.05) is 21.7 Å². The standard InChI is InChI=1S/C10H7BrN2O2S/c11-7-1-3-8(4-2-7)13-5-6-16-9(13)12-10(14)15/h1-6H,(H,14,15). The molecular weight excluding hydrogens is 292 g/mol. The van der Waals surface area contributed by atoms with Gasteiger partial charge in [-0.25, -0.2) is 4.79 Å². The summed E-state index contributed by atoms with van der Waals surface area (Å²) in [5.41, 5.74) is 0.879. The zero-order chi connectivity index (χ0) is 11.5. The molecule has 1 aromatic carbocycles. The summed E-state index contributed by atoms with van der Waals surface area (Å²) in [7, 11) is 0. The van der Waals surface area contributed by atoms with E-state index in [0.717, 1.165) is 10.2 Å². The van der Waals surface area contributed by atoms with Crippen molar-refractivity contribution < 1.29 is 9.90 Å². The minimum absolute atomic E-state index is 0.440. The fourth-order valence-electron chi connectivity index (χ4n) is 1.23. The summed E-state index contributed by atoms with van der Waals surface area (Å²) in [4.78, 5) is 14.5. The summed E-state index contributed by atoms with van der Waals surface area (Å²) >= 11 is 4.62. The molecule has 0 fully saturated rings. The Hall–Kier alpha value is -1.40. The van der Waals surface area contributed by atoms with E-state index in [2.05, 4.69) is 20.9 Å². The molecule has 1 heterocycles. The first-order valence-electron chi connectivity index (χ1n) is 4.36. The van der Waals surface area contributed by atoms with E-state index in [9.17, 15) is 4.79 Å². The van der Waals surface area contributed by atoms with Crippen LogP contribution in [-0.4, -0.2) is 15.8 Å². The van der Waals surface area contributed by atoms with Gasteiger partial charge in [0.2, 0.25) is 4.80 Å². The number of benzene rings is 1. The maximum absolute atomic E-state index is 10.5. The molecule has 0 aliphatic carbocycles. The Morgan fingerprint density at radius 2 is 2.06 bits per heavy atom. The van der Waals surface area contributed by atoms with Gasteiger partial charge in [-0.1, -0.05) is 15.9 Å². The van der Waals surface area contributed by atoms with Crippen molar-refractivity contribution in [3.05, 3.63) is 45.1 Å². The lowest BCUT2D eigenvalue weighted by Crippen LogP contribution is -2.13. The van der Waals surface area contributed by atoms with E-state index in [1.807, 2.05) is 24.3 Å². The predicted molar refractivity (Wildman–Crippen MR) is 64.9 cm³/mol. The van der Waals surface area contributed by atoms with Gasteiger partial charge < -0.3 is 5.11 Å². The lowest BCUT2D eigenvalue weighted by Gasteiger charge is -2.01. The lowest BCUT2D eigenvalue weighted by molar-refractivity contribution is 0.204. The molecule has 0 unspecified atom stereocenters. The molecule has 0 aliphatic rings. The zero-order valence-corrected chi connectivity index (χ0v) is 10.4. The molecule has 0 saturated carbocycles. The van der Waals surface area contributed by atoms with Crippen LogP contribution in [0.4, 0.5) is 4.79 Å². The number of hydrogen-bond acceptors (Lipinski definition) is 2. The first kappa shape index (κ1) is 11.1. The quantitative estimate of drug-likeness (QED) is 0.880. The molecule has 6 heteroatoms. The van der Waals surface area contributed by atoms with Gasteiger partial charge in [0.25, 0.3) is 0 Å². The van der Waals surface area contributed by atoms with Gasteiger partial charge in [-0.2, -0.15) is 0 Å². The first-order valence-corrected chi connectivity index (χ1v) is 6.04. The molecule has 2 aromatic rings. The molecule has 0 aliphatic heterocycles. The van der Waals surface area contributed by atoms with Crippen molar-refractivity contribution in [3.8, 4) is 5.69 Å². The van der Waals surface area contributed by atoms with Crippen LogP contribution in [0, 0.1) is 0 Å². The highest BCUT2D eigenvalue weighted by molar-refractivity contribution is 9.10. The summed E-state index contributed by atoms with van der Waals surface area (Å²) < 4.78 is 2.70. The molecule has 0 saturated heterocycles. The number of rotatable bonds is 1. The van der Waals surface area contributed by atoms with Crippen molar-refractivity contribution >= 4 is 33.4 Å². The van der Waals surface area contributed by atoms with Crippen LogP contribution in [0.25, 0.3) is 5.69 Å². The number of carbonyl (C=O) groups is 1. The van der Waals surface area contributed by atoms with Crippen LogP contribution in [0.5, 0.6) is 0 Å². The van der Waals surface area contributed by atoms with Crippen LogP contribution in [0.2, 0.25) is 0 Å². The van der Waals surface area contributed by atoms with Gasteiger partial charge in [-0.15, -0.1) is 16.3 Å². The fraction of sp³-hybridized carbons (Fsp3) is 0. The monoisotopic (exact) mass is 298 g/mol. The average Bonchev–Trinajstić information content (AvgIpc) is 2.66. The van der Waals surface area contributed by atoms with Gasteiger partial charge >= 0.3 is 6.09 Å². The Labute approximate surface area is 104 Å². The molecule has 1 aromatic heterocycles. The number of halogens is 1. The summed E-state index contributed by atoms with van der Waals surface area (Å²) in [5, 5.41) is 10.4. The van der Waals surface area contributed by atoms with Crippen LogP contribution in [0.15, 0.2) is 45.3 Å². The zero-order valence-electron chi connectivity index (χ0n) is 8.00. The summed E-state index contributed by atoms with van der Waals surface area (Å²) in [6, 6.07) is 7.56. The third kappa shape index (κ3) is 2.40. The second kappa shape index (κ2) is 4.63. The summed E-state index contributed by atoms with van der Waals surface area (Å²) in [6.07, 6.45) is 0.601. The number of aromatic nitrogens is 1. The van der Waals surface area contributed by atoms with E-state index < -0.39 is 6.09 Å². The maximum atomic E-state index is 10.5. The van der Waals surface area contributed by atoms with Crippen LogP contribution >= 0.6 is 27.3 Å². The smallest absolute Gasteiger partial charge is 0.433 e. The number of nitrogens with zero attached hydrogens (tertiary/aromatic N) is 2. The van der Waals surface area contributed by atoms with Crippen molar-refractivity contribution in [2.75, 3.05) is 0 Å². The third-order valence-corrected chi connectivity index (χ3v) is 3.17. The Morgan fingerprint density at radius 1 is 1.38 bits per heavy atom. The van der Waals surface area contributed by atoms with Gasteiger partial charge in [-0.05, 0) is 24.3 Å². The number of carboxylic acid groups (broad SMARTS) is 1. The molecule has 0 bridgehead atoms. The highest BCUT2D eigenvalue weighted by atomic mass is 79.9. The van der Waals surface area contributed by atoms with Crippen LogP contribution < -0.4 is 4.80 Å². The van der Waals surface area contributed by atoms with Crippen molar-refractivity contribution in [2.24, 2.45) is 4.99 Å². The van der Waals surface area contributed by atoms with E-state index in [1.165, 1.54) is 11.3 Å². The van der Waals surface area contributed by atoms with Crippen LogP contribution in [0.3, 0.4) is 0 Å². The molecule has 1 N–H and O–H groups in total. The van der Waals surface area contributed by atoms with Gasteiger partial charge in [-0.3, -0.25) is 4.57 Å². The van der Waals surface area contributed by atoms with E-state index >= 15 is 0 Å². The van der Waals surface area contributed by atoms with Gasteiger partial charge in [0.15, 0.2) is 0 Å². The normalized spacial score (nSPS) is 11.7. The Kier molecular flexibility index (Phi) is 3.21. The Morgan fingerprint density at radius 3 is 2.69 bits per heavy atom. The largest absolute Gasteiger partial charge is 0.463 e. The predicted octanol–water partition coefficient (Wildman–Crippen LogP) is 2.88. The molecule has 4 nitrogen and oxygen atoms in total. The van der Waals surface area contributed by atoms with Crippen molar-refractivity contribution in [1.29, 1.82) is 0 Å². The molecule has 16 heavy (non-hydrogen) atoms. The van der Waals surface area contributed by atoms with Crippen LogP contribution in [-0.2, 0) is 0 Å². The maximum Gasteiger partial charge on any atom is 0.433 e. The van der Waals surface area contributed by atoms with E-state index in [4.69, 9.17) is 5.11 Å². The molecule has 0 atom stereocenters. The van der Waals surface area contributed by atoms with E-state index in [0.29, 0.717) is 4.80 Å². The average molecular weight is 299 g/mol. The highest BCUT2D eigenvalue weighted by Crippen LogP contribution is 2.13. The SMILES string of the molecule is O=C(O)N=c1sccn1-c1ccc(Br)cc1.